The summed E-state index contributed by atoms with van der Waals surface area (Å²) in [6, 6.07) is 7.93. The van der Waals surface area contributed by atoms with Crippen LogP contribution in [0.25, 0.3) is 0 Å². The molecule has 1 aliphatic heterocycles. The monoisotopic (exact) mass is 311 g/mol. The van der Waals surface area contributed by atoms with Crippen LogP contribution in [0.3, 0.4) is 0 Å². The molecule has 0 aliphatic carbocycles. The summed E-state index contributed by atoms with van der Waals surface area (Å²) in [5.41, 5.74) is 7.87. The van der Waals surface area contributed by atoms with Gasteiger partial charge in [-0.15, -0.1) is 0 Å². The van der Waals surface area contributed by atoms with Crippen molar-refractivity contribution in [1.29, 1.82) is 0 Å². The fraction of sp³-hybridized carbons (Fsp3) is 0.600. The van der Waals surface area contributed by atoms with Gasteiger partial charge in [-0.1, -0.05) is 31.2 Å². The first kappa shape index (κ1) is 16.4. The summed E-state index contributed by atoms with van der Waals surface area (Å²) in [4.78, 5) is 0. The third-order valence-electron chi connectivity index (χ3n) is 4.19. The van der Waals surface area contributed by atoms with E-state index in [1.165, 1.54) is 9.87 Å². The average molecular weight is 311 g/mol. The lowest BCUT2D eigenvalue weighted by Crippen LogP contribution is -2.45. The second-order valence-electron chi connectivity index (χ2n) is 5.53. The summed E-state index contributed by atoms with van der Waals surface area (Å²) < 4.78 is 28.9. The van der Waals surface area contributed by atoms with Crippen molar-refractivity contribution in [1.82, 2.24) is 9.03 Å². The molecule has 1 heterocycles. The van der Waals surface area contributed by atoms with Gasteiger partial charge >= 0.3 is 0 Å². The average Bonchev–Trinajstić information content (AvgIpc) is 2.53. The highest BCUT2D eigenvalue weighted by molar-refractivity contribution is 7.87. The van der Waals surface area contributed by atoms with Crippen molar-refractivity contribution in [3.05, 3.63) is 35.4 Å². The SMILES string of the molecule is CCc1ccccc1CNS(=O)(=O)N1CCC(CN)CC1. The zero-order chi connectivity index (χ0) is 15.3. The Morgan fingerprint density at radius 1 is 1.24 bits per heavy atom. The molecule has 0 radical (unpaired) electrons. The Morgan fingerprint density at radius 2 is 1.86 bits per heavy atom. The number of nitrogens with two attached hydrogens (primary N) is 1. The lowest BCUT2D eigenvalue weighted by Gasteiger charge is -2.30. The fourth-order valence-electron chi connectivity index (χ4n) is 2.72. The number of hydrogen-bond acceptors (Lipinski definition) is 3. The maximum Gasteiger partial charge on any atom is 0.279 e. The maximum atomic E-state index is 12.3. The summed E-state index contributed by atoms with van der Waals surface area (Å²) in [5.74, 6) is 0.456. The van der Waals surface area contributed by atoms with E-state index < -0.39 is 10.2 Å². The Kier molecular flexibility index (Phi) is 5.75. The molecular weight excluding hydrogens is 286 g/mol. The molecule has 6 heteroatoms. The van der Waals surface area contributed by atoms with Gasteiger partial charge in [-0.05, 0) is 42.9 Å². The normalized spacial score (nSPS) is 18.0. The number of benzene rings is 1. The quantitative estimate of drug-likeness (QED) is 0.830. The maximum absolute atomic E-state index is 12.3. The molecule has 1 saturated heterocycles. The topological polar surface area (TPSA) is 75.4 Å². The minimum absolute atomic E-state index is 0.350. The van der Waals surface area contributed by atoms with Crippen molar-refractivity contribution < 1.29 is 8.42 Å². The molecule has 1 aliphatic rings. The van der Waals surface area contributed by atoms with Gasteiger partial charge in [-0.3, -0.25) is 0 Å². The Balaban J connectivity index is 1.95. The van der Waals surface area contributed by atoms with Crippen LogP contribution in [0.5, 0.6) is 0 Å². The highest BCUT2D eigenvalue weighted by Crippen LogP contribution is 2.18. The lowest BCUT2D eigenvalue weighted by molar-refractivity contribution is 0.275. The molecule has 0 amide bonds. The molecule has 0 aromatic heterocycles. The van der Waals surface area contributed by atoms with Crippen molar-refractivity contribution in [2.24, 2.45) is 11.7 Å². The molecule has 0 saturated carbocycles. The first-order chi connectivity index (χ1) is 10.1. The fourth-order valence-corrected chi connectivity index (χ4v) is 3.93. The van der Waals surface area contributed by atoms with Gasteiger partial charge in [-0.25, -0.2) is 0 Å². The Morgan fingerprint density at radius 3 is 2.43 bits per heavy atom. The molecule has 0 unspecified atom stereocenters. The third-order valence-corrected chi connectivity index (χ3v) is 5.75. The number of nitrogens with one attached hydrogen (secondary N) is 1. The zero-order valence-electron chi connectivity index (χ0n) is 12.6. The Hall–Kier alpha value is -0.950. The molecule has 21 heavy (non-hydrogen) atoms. The molecule has 1 aromatic carbocycles. The first-order valence-corrected chi connectivity index (χ1v) is 9.02. The molecule has 1 aromatic rings. The number of nitrogens with zero attached hydrogens (tertiary/aromatic N) is 1. The number of piperidine rings is 1. The molecule has 118 valence electrons. The molecule has 5 nitrogen and oxygen atoms in total. The highest BCUT2D eigenvalue weighted by Gasteiger charge is 2.27. The van der Waals surface area contributed by atoms with E-state index in [2.05, 4.69) is 11.6 Å². The van der Waals surface area contributed by atoms with E-state index in [0.717, 1.165) is 24.8 Å². The predicted octanol–water partition coefficient (Wildman–Crippen LogP) is 1.25. The Labute approximate surface area is 127 Å². The molecule has 0 bridgehead atoms. The predicted molar refractivity (Wildman–Crippen MR) is 84.9 cm³/mol. The van der Waals surface area contributed by atoms with Crippen LogP contribution in [0.2, 0.25) is 0 Å². The third kappa shape index (κ3) is 4.26. The largest absolute Gasteiger partial charge is 0.330 e. The van der Waals surface area contributed by atoms with E-state index in [1.807, 2.05) is 24.3 Å². The molecule has 1 fully saturated rings. The number of aryl methyl sites for hydroxylation is 1. The summed E-state index contributed by atoms with van der Waals surface area (Å²) in [6.45, 7) is 4.19. The van der Waals surface area contributed by atoms with Gasteiger partial charge in [0, 0.05) is 19.6 Å². The van der Waals surface area contributed by atoms with Crippen LogP contribution in [0.1, 0.15) is 30.9 Å². The van der Waals surface area contributed by atoms with Gasteiger partial charge in [0.1, 0.15) is 0 Å². The molecule has 0 spiro atoms. The van der Waals surface area contributed by atoms with E-state index in [1.54, 1.807) is 0 Å². The highest BCUT2D eigenvalue weighted by atomic mass is 32.2. The van der Waals surface area contributed by atoms with Crippen molar-refractivity contribution in [3.63, 3.8) is 0 Å². The van der Waals surface area contributed by atoms with Gasteiger partial charge in [-0.2, -0.15) is 17.4 Å². The number of rotatable bonds is 6. The molecule has 3 N–H and O–H groups in total. The van der Waals surface area contributed by atoms with Crippen LogP contribution in [0.4, 0.5) is 0 Å². The van der Waals surface area contributed by atoms with Crippen molar-refractivity contribution in [2.75, 3.05) is 19.6 Å². The van der Waals surface area contributed by atoms with Crippen LogP contribution in [0, 0.1) is 5.92 Å². The second kappa shape index (κ2) is 7.35. The van der Waals surface area contributed by atoms with E-state index in [-0.39, 0.29) is 0 Å². The van der Waals surface area contributed by atoms with Gasteiger partial charge in [0.25, 0.3) is 10.2 Å². The van der Waals surface area contributed by atoms with E-state index in [9.17, 15) is 8.42 Å². The van der Waals surface area contributed by atoms with Crippen LogP contribution >= 0.6 is 0 Å². The van der Waals surface area contributed by atoms with Crippen LogP contribution in [0.15, 0.2) is 24.3 Å². The number of hydrogen-bond donors (Lipinski definition) is 2. The summed E-state index contributed by atoms with van der Waals surface area (Å²) in [6.07, 6.45) is 2.60. The van der Waals surface area contributed by atoms with Crippen LogP contribution in [-0.4, -0.2) is 32.4 Å². The lowest BCUT2D eigenvalue weighted by atomic mass is 9.99. The molecular formula is C15H25N3O2S. The van der Waals surface area contributed by atoms with Gasteiger partial charge in [0.05, 0.1) is 0 Å². The summed E-state index contributed by atoms with van der Waals surface area (Å²) >= 11 is 0. The van der Waals surface area contributed by atoms with Crippen molar-refractivity contribution >= 4 is 10.2 Å². The Bertz CT molecular complexity index is 552. The molecule has 2 rings (SSSR count). The van der Waals surface area contributed by atoms with E-state index in [0.29, 0.717) is 32.1 Å². The van der Waals surface area contributed by atoms with Gasteiger partial charge in [0.15, 0.2) is 0 Å². The van der Waals surface area contributed by atoms with E-state index >= 15 is 0 Å². The summed E-state index contributed by atoms with van der Waals surface area (Å²) in [5, 5.41) is 0. The zero-order valence-corrected chi connectivity index (χ0v) is 13.4. The van der Waals surface area contributed by atoms with Crippen LogP contribution in [-0.2, 0) is 23.2 Å². The standard InChI is InChI=1S/C15H25N3O2S/c1-2-14-5-3-4-6-15(14)12-17-21(19,20)18-9-7-13(11-16)8-10-18/h3-6,13,17H,2,7-12,16H2,1H3. The minimum atomic E-state index is -3.40. The minimum Gasteiger partial charge on any atom is -0.330 e. The van der Waals surface area contributed by atoms with Gasteiger partial charge in [0.2, 0.25) is 0 Å². The van der Waals surface area contributed by atoms with Crippen LogP contribution < -0.4 is 10.5 Å². The smallest absolute Gasteiger partial charge is 0.279 e. The first-order valence-electron chi connectivity index (χ1n) is 7.58. The van der Waals surface area contributed by atoms with Crippen molar-refractivity contribution in [3.8, 4) is 0 Å². The van der Waals surface area contributed by atoms with Gasteiger partial charge < -0.3 is 5.73 Å². The molecule has 0 atom stereocenters. The second-order valence-corrected chi connectivity index (χ2v) is 7.28. The van der Waals surface area contributed by atoms with Crippen molar-refractivity contribution in [2.45, 2.75) is 32.7 Å². The van der Waals surface area contributed by atoms with E-state index in [4.69, 9.17) is 5.73 Å². The summed E-state index contributed by atoms with van der Waals surface area (Å²) in [7, 11) is -3.40.